The fraction of sp³-hybridized carbons (Fsp3) is 0.238. The van der Waals surface area contributed by atoms with E-state index in [0.29, 0.717) is 30.8 Å². The number of fused-ring (bicyclic) bond motifs is 1. The maximum atomic E-state index is 12.9. The molecule has 0 atom stereocenters. The lowest BCUT2D eigenvalue weighted by atomic mass is 10.1. The first-order valence-corrected chi connectivity index (χ1v) is 12.2. The average molecular weight is 462 g/mol. The SMILES string of the molecule is COCCCNC(=O)c1c[nH]c2ccc(S(=O)(=O)Nc3cccc(SC)c3)cc2c1=O. The summed E-state index contributed by atoms with van der Waals surface area (Å²) in [6, 6.07) is 11.2. The van der Waals surface area contributed by atoms with Crippen molar-refractivity contribution in [3.05, 3.63) is 64.4 Å². The van der Waals surface area contributed by atoms with Gasteiger partial charge in [0.15, 0.2) is 0 Å². The van der Waals surface area contributed by atoms with Crippen LogP contribution in [0.4, 0.5) is 5.69 Å². The number of anilines is 1. The van der Waals surface area contributed by atoms with Crippen LogP contribution in [0.2, 0.25) is 0 Å². The summed E-state index contributed by atoms with van der Waals surface area (Å²) < 4.78 is 33.2. The molecule has 0 saturated heterocycles. The minimum atomic E-state index is -3.93. The second-order valence-electron chi connectivity index (χ2n) is 6.68. The lowest BCUT2D eigenvalue weighted by Crippen LogP contribution is -2.30. The Bertz CT molecular complexity index is 1260. The summed E-state index contributed by atoms with van der Waals surface area (Å²) in [7, 11) is -2.36. The number of H-pyrrole nitrogens is 1. The molecule has 1 heterocycles. The van der Waals surface area contributed by atoms with Crippen molar-refractivity contribution in [2.75, 3.05) is 31.2 Å². The fourth-order valence-electron chi connectivity index (χ4n) is 2.95. The van der Waals surface area contributed by atoms with E-state index in [1.165, 1.54) is 36.2 Å². The van der Waals surface area contributed by atoms with E-state index in [2.05, 4.69) is 15.0 Å². The topological polar surface area (TPSA) is 117 Å². The Balaban J connectivity index is 1.91. The van der Waals surface area contributed by atoms with Gasteiger partial charge in [-0.3, -0.25) is 14.3 Å². The largest absolute Gasteiger partial charge is 0.385 e. The molecule has 0 fully saturated rings. The number of methoxy groups -OCH3 is 1. The zero-order chi connectivity index (χ0) is 22.4. The molecule has 0 spiro atoms. The smallest absolute Gasteiger partial charge is 0.261 e. The number of hydrogen-bond donors (Lipinski definition) is 3. The molecule has 3 rings (SSSR count). The lowest BCUT2D eigenvalue weighted by Gasteiger charge is -2.10. The highest BCUT2D eigenvalue weighted by Crippen LogP contribution is 2.23. The highest BCUT2D eigenvalue weighted by Gasteiger charge is 2.18. The zero-order valence-electron chi connectivity index (χ0n) is 17.1. The normalized spacial score (nSPS) is 11.4. The second-order valence-corrected chi connectivity index (χ2v) is 9.24. The van der Waals surface area contributed by atoms with Gasteiger partial charge in [0.25, 0.3) is 15.9 Å². The molecule has 10 heteroatoms. The molecule has 0 saturated carbocycles. The van der Waals surface area contributed by atoms with Gasteiger partial charge >= 0.3 is 0 Å². The van der Waals surface area contributed by atoms with Crippen LogP contribution in [-0.2, 0) is 14.8 Å². The van der Waals surface area contributed by atoms with E-state index in [4.69, 9.17) is 4.74 Å². The molecule has 8 nitrogen and oxygen atoms in total. The number of carbonyl (C=O) groups excluding carboxylic acids is 1. The van der Waals surface area contributed by atoms with Gasteiger partial charge in [0.2, 0.25) is 5.43 Å². The molecule has 1 amide bonds. The van der Waals surface area contributed by atoms with Crippen LogP contribution in [-0.4, -0.2) is 45.8 Å². The van der Waals surface area contributed by atoms with E-state index >= 15 is 0 Å². The van der Waals surface area contributed by atoms with E-state index in [-0.39, 0.29) is 15.8 Å². The van der Waals surface area contributed by atoms with E-state index in [1.54, 1.807) is 25.3 Å². The molecule has 164 valence electrons. The first kappa shape index (κ1) is 22.9. The molecular formula is C21H23N3O5S2. The quantitative estimate of drug-likeness (QED) is 0.333. The van der Waals surface area contributed by atoms with Gasteiger partial charge in [-0.25, -0.2) is 8.42 Å². The van der Waals surface area contributed by atoms with Gasteiger partial charge in [-0.05, 0) is 49.1 Å². The molecule has 0 aliphatic rings. The number of sulfonamides is 1. The minimum Gasteiger partial charge on any atom is -0.385 e. The molecule has 0 radical (unpaired) electrons. The molecule has 0 aliphatic carbocycles. The highest BCUT2D eigenvalue weighted by molar-refractivity contribution is 7.98. The summed E-state index contributed by atoms with van der Waals surface area (Å²) in [5, 5.41) is 2.77. The molecule has 2 aromatic carbocycles. The molecule has 0 aliphatic heterocycles. The predicted molar refractivity (Wildman–Crippen MR) is 122 cm³/mol. The van der Waals surface area contributed by atoms with E-state index in [0.717, 1.165) is 4.90 Å². The zero-order valence-corrected chi connectivity index (χ0v) is 18.7. The van der Waals surface area contributed by atoms with E-state index < -0.39 is 21.4 Å². The Morgan fingerprint density at radius 1 is 1.19 bits per heavy atom. The lowest BCUT2D eigenvalue weighted by molar-refractivity contribution is 0.0947. The number of hydrogen-bond acceptors (Lipinski definition) is 6. The van der Waals surface area contributed by atoms with Crippen LogP contribution in [0.5, 0.6) is 0 Å². The van der Waals surface area contributed by atoms with Crippen LogP contribution in [0.15, 0.2) is 63.2 Å². The van der Waals surface area contributed by atoms with Gasteiger partial charge in [-0.2, -0.15) is 0 Å². The van der Waals surface area contributed by atoms with Crippen molar-refractivity contribution in [2.45, 2.75) is 16.2 Å². The van der Waals surface area contributed by atoms with Crippen LogP contribution in [0.1, 0.15) is 16.8 Å². The van der Waals surface area contributed by atoms with Crippen LogP contribution in [0, 0.1) is 0 Å². The molecule has 31 heavy (non-hydrogen) atoms. The maximum Gasteiger partial charge on any atom is 0.261 e. The van der Waals surface area contributed by atoms with Gasteiger partial charge in [-0.15, -0.1) is 11.8 Å². The number of aromatic amines is 1. The molecule has 0 bridgehead atoms. The average Bonchev–Trinajstić information content (AvgIpc) is 2.76. The molecule has 0 unspecified atom stereocenters. The minimum absolute atomic E-state index is 0.0716. The van der Waals surface area contributed by atoms with E-state index in [1.807, 2.05) is 12.3 Å². The molecule has 1 aromatic heterocycles. The first-order valence-electron chi connectivity index (χ1n) is 9.45. The van der Waals surface area contributed by atoms with E-state index in [9.17, 15) is 18.0 Å². The van der Waals surface area contributed by atoms with Gasteiger partial charge in [0.1, 0.15) is 5.56 Å². The summed E-state index contributed by atoms with van der Waals surface area (Å²) in [4.78, 5) is 28.9. The third kappa shape index (κ3) is 5.46. The Morgan fingerprint density at radius 3 is 2.74 bits per heavy atom. The summed E-state index contributed by atoms with van der Waals surface area (Å²) in [6.07, 6.45) is 3.84. The van der Waals surface area contributed by atoms with Crippen LogP contribution < -0.4 is 15.5 Å². The number of carbonyl (C=O) groups is 1. The van der Waals surface area contributed by atoms with Gasteiger partial charge in [-0.1, -0.05) is 6.07 Å². The number of benzene rings is 2. The van der Waals surface area contributed by atoms with Crippen molar-refractivity contribution in [1.82, 2.24) is 10.3 Å². The molecule has 3 N–H and O–H groups in total. The number of ether oxygens (including phenoxy) is 1. The second kappa shape index (κ2) is 9.99. The van der Waals surface area contributed by atoms with Crippen LogP contribution in [0.25, 0.3) is 10.9 Å². The third-order valence-corrected chi connectivity index (χ3v) is 6.64. The molecule has 3 aromatic rings. The Kier molecular flexibility index (Phi) is 7.37. The van der Waals surface area contributed by atoms with Crippen molar-refractivity contribution < 1.29 is 17.9 Å². The van der Waals surface area contributed by atoms with Crippen molar-refractivity contribution in [3.63, 3.8) is 0 Å². The number of nitrogens with one attached hydrogen (secondary N) is 3. The van der Waals surface area contributed by atoms with Gasteiger partial charge in [0.05, 0.1) is 4.90 Å². The number of rotatable bonds is 9. The summed E-state index contributed by atoms with van der Waals surface area (Å²) in [6.45, 7) is 0.847. The van der Waals surface area contributed by atoms with Crippen molar-refractivity contribution >= 4 is 44.3 Å². The van der Waals surface area contributed by atoms with Gasteiger partial charge in [0, 0.05) is 47.9 Å². The predicted octanol–water partition coefficient (Wildman–Crippen LogP) is 2.82. The third-order valence-electron chi connectivity index (χ3n) is 4.54. The van der Waals surface area contributed by atoms with Crippen LogP contribution in [0.3, 0.4) is 0 Å². The van der Waals surface area contributed by atoms with Crippen molar-refractivity contribution in [3.8, 4) is 0 Å². The van der Waals surface area contributed by atoms with Crippen molar-refractivity contribution in [2.24, 2.45) is 0 Å². The monoisotopic (exact) mass is 461 g/mol. The number of thioether (sulfide) groups is 1. The summed E-state index contributed by atoms with van der Waals surface area (Å²) in [5.41, 5.74) is 0.230. The Hall–Kier alpha value is -2.82. The van der Waals surface area contributed by atoms with Gasteiger partial charge < -0.3 is 15.0 Å². The number of pyridine rings is 1. The maximum absolute atomic E-state index is 12.9. The standard InChI is InChI=1S/C21H23N3O5S2/c1-29-10-4-9-22-21(26)18-13-23-19-8-7-16(12-17(19)20(18)25)31(27,28)24-14-5-3-6-15(11-14)30-2/h3,5-8,11-13,24H,4,9-10H2,1-2H3,(H,22,26)(H,23,25). The Morgan fingerprint density at radius 2 is 2.00 bits per heavy atom. The van der Waals surface area contributed by atoms with Crippen molar-refractivity contribution in [1.29, 1.82) is 0 Å². The fourth-order valence-corrected chi connectivity index (χ4v) is 4.48. The number of aromatic nitrogens is 1. The first-order chi connectivity index (χ1) is 14.9. The highest BCUT2D eigenvalue weighted by atomic mass is 32.2. The summed E-state index contributed by atoms with van der Waals surface area (Å²) >= 11 is 1.50. The Labute approximate surface area is 184 Å². The molecular weight excluding hydrogens is 438 g/mol. The number of amides is 1. The summed E-state index contributed by atoms with van der Waals surface area (Å²) in [5.74, 6) is -0.528. The van der Waals surface area contributed by atoms with Crippen LogP contribution >= 0.6 is 11.8 Å².